The summed E-state index contributed by atoms with van der Waals surface area (Å²) < 4.78 is 24.8. The summed E-state index contributed by atoms with van der Waals surface area (Å²) in [6, 6.07) is 4.84. The van der Waals surface area contributed by atoms with Crippen molar-refractivity contribution >= 4 is 0 Å². The van der Waals surface area contributed by atoms with Gasteiger partial charge in [-0.05, 0) is 11.6 Å². The average molecular weight is 238 g/mol. The lowest BCUT2D eigenvalue weighted by Crippen LogP contribution is -2.54. The van der Waals surface area contributed by atoms with Crippen LogP contribution in [0.25, 0.3) is 0 Å². The van der Waals surface area contributed by atoms with E-state index in [1.54, 1.807) is 12.1 Å². The van der Waals surface area contributed by atoms with E-state index in [0.29, 0.717) is 38.2 Å². The van der Waals surface area contributed by atoms with E-state index < -0.39 is 11.7 Å². The molecule has 92 valence electrons. The molecule has 1 aromatic carbocycles. The molecule has 2 heterocycles. The van der Waals surface area contributed by atoms with Gasteiger partial charge < -0.3 is 14.6 Å². The van der Waals surface area contributed by atoms with Crippen molar-refractivity contribution in [3.63, 3.8) is 0 Å². The summed E-state index contributed by atoms with van der Waals surface area (Å²) >= 11 is 0. The molecule has 1 aromatic rings. The van der Waals surface area contributed by atoms with Crippen LogP contribution in [-0.4, -0.2) is 30.0 Å². The van der Waals surface area contributed by atoms with Gasteiger partial charge in [0.2, 0.25) is 0 Å². The first kappa shape index (κ1) is 11.0. The number of fused-ring (bicyclic) bond motifs is 1. The van der Waals surface area contributed by atoms with E-state index in [1.165, 1.54) is 6.07 Å². The van der Waals surface area contributed by atoms with E-state index >= 15 is 0 Å². The number of hydrogen-bond acceptors (Lipinski definition) is 3. The van der Waals surface area contributed by atoms with Crippen LogP contribution in [0, 0.1) is 5.82 Å². The van der Waals surface area contributed by atoms with Gasteiger partial charge in [0.15, 0.2) is 11.6 Å². The standard InChI is InChI=1S/C13H15FO3/c14-10-3-1-2-9-8-11(15)13(17-12(9)10)4-6-16-7-5-13/h1-3,11,15H,4-8H2. The van der Waals surface area contributed by atoms with Gasteiger partial charge in [0.05, 0.1) is 19.3 Å². The largest absolute Gasteiger partial charge is 0.481 e. The summed E-state index contributed by atoms with van der Waals surface area (Å²) in [6.45, 7) is 1.11. The van der Waals surface area contributed by atoms with Gasteiger partial charge in [-0.1, -0.05) is 12.1 Å². The summed E-state index contributed by atoms with van der Waals surface area (Å²) in [4.78, 5) is 0. The van der Waals surface area contributed by atoms with Crippen LogP contribution < -0.4 is 4.74 Å². The highest BCUT2D eigenvalue weighted by molar-refractivity contribution is 5.38. The summed E-state index contributed by atoms with van der Waals surface area (Å²) in [5, 5.41) is 10.2. The van der Waals surface area contributed by atoms with E-state index in [2.05, 4.69) is 0 Å². The zero-order valence-electron chi connectivity index (χ0n) is 9.49. The van der Waals surface area contributed by atoms with Gasteiger partial charge in [-0.15, -0.1) is 0 Å². The van der Waals surface area contributed by atoms with Crippen LogP contribution in [0.2, 0.25) is 0 Å². The Balaban J connectivity index is 1.98. The van der Waals surface area contributed by atoms with Crippen molar-refractivity contribution in [1.82, 2.24) is 0 Å². The summed E-state index contributed by atoms with van der Waals surface area (Å²) in [5.74, 6) is -0.0417. The minimum absolute atomic E-state index is 0.305. The zero-order chi connectivity index (χ0) is 11.9. The van der Waals surface area contributed by atoms with Crippen molar-refractivity contribution < 1.29 is 19.0 Å². The molecule has 0 radical (unpaired) electrons. The Kier molecular flexibility index (Phi) is 2.56. The van der Waals surface area contributed by atoms with Gasteiger partial charge >= 0.3 is 0 Å². The number of halogens is 1. The quantitative estimate of drug-likeness (QED) is 0.747. The van der Waals surface area contributed by atoms with Gasteiger partial charge in [0, 0.05) is 19.3 Å². The van der Waals surface area contributed by atoms with Crippen molar-refractivity contribution in [3.8, 4) is 5.75 Å². The van der Waals surface area contributed by atoms with E-state index in [1.807, 2.05) is 0 Å². The van der Waals surface area contributed by atoms with Gasteiger partial charge in [0.1, 0.15) is 5.60 Å². The molecule has 0 aliphatic carbocycles. The number of aliphatic hydroxyl groups excluding tert-OH is 1. The van der Waals surface area contributed by atoms with E-state index in [-0.39, 0.29) is 5.82 Å². The smallest absolute Gasteiger partial charge is 0.165 e. The van der Waals surface area contributed by atoms with Crippen LogP contribution >= 0.6 is 0 Å². The molecule has 2 aliphatic heterocycles. The second kappa shape index (κ2) is 3.96. The second-order valence-electron chi connectivity index (χ2n) is 4.73. The summed E-state index contributed by atoms with van der Waals surface area (Å²) in [5.41, 5.74) is 0.0857. The molecule has 1 spiro atoms. The Labute approximate surface area is 99.2 Å². The molecular formula is C13H15FO3. The van der Waals surface area contributed by atoms with Crippen LogP contribution in [0.4, 0.5) is 4.39 Å². The van der Waals surface area contributed by atoms with Crippen LogP contribution in [0.5, 0.6) is 5.75 Å². The fraction of sp³-hybridized carbons (Fsp3) is 0.538. The predicted octanol–water partition coefficient (Wildman–Crippen LogP) is 1.67. The van der Waals surface area contributed by atoms with Crippen molar-refractivity contribution in [3.05, 3.63) is 29.6 Å². The maximum atomic E-state index is 13.7. The first-order valence-corrected chi connectivity index (χ1v) is 5.93. The van der Waals surface area contributed by atoms with Gasteiger partial charge in [0.25, 0.3) is 0 Å². The molecule has 3 nitrogen and oxygen atoms in total. The van der Waals surface area contributed by atoms with E-state index in [0.717, 1.165) is 5.56 Å². The maximum Gasteiger partial charge on any atom is 0.165 e. The zero-order valence-corrected chi connectivity index (χ0v) is 9.49. The lowest BCUT2D eigenvalue weighted by Gasteiger charge is -2.44. The molecule has 0 amide bonds. The highest BCUT2D eigenvalue weighted by atomic mass is 19.1. The lowest BCUT2D eigenvalue weighted by atomic mass is 9.82. The Hall–Kier alpha value is -1.13. The Morgan fingerprint density at radius 2 is 2.06 bits per heavy atom. The van der Waals surface area contributed by atoms with Crippen LogP contribution in [0.1, 0.15) is 18.4 Å². The van der Waals surface area contributed by atoms with Crippen molar-refractivity contribution in [2.45, 2.75) is 31.0 Å². The van der Waals surface area contributed by atoms with Crippen molar-refractivity contribution in [2.75, 3.05) is 13.2 Å². The third-order valence-corrected chi connectivity index (χ3v) is 3.71. The molecule has 0 saturated carbocycles. The molecule has 1 N–H and O–H groups in total. The molecule has 1 unspecified atom stereocenters. The number of aliphatic hydroxyl groups is 1. The summed E-state index contributed by atoms with van der Waals surface area (Å²) in [7, 11) is 0. The first-order chi connectivity index (χ1) is 8.21. The molecule has 1 fully saturated rings. The van der Waals surface area contributed by atoms with Crippen LogP contribution in [0.3, 0.4) is 0 Å². The molecule has 3 rings (SSSR count). The molecule has 4 heteroatoms. The number of ether oxygens (including phenoxy) is 2. The second-order valence-corrected chi connectivity index (χ2v) is 4.73. The van der Waals surface area contributed by atoms with Gasteiger partial charge in [-0.3, -0.25) is 0 Å². The third kappa shape index (κ3) is 1.72. The van der Waals surface area contributed by atoms with Gasteiger partial charge in [-0.2, -0.15) is 0 Å². The Morgan fingerprint density at radius 3 is 2.82 bits per heavy atom. The molecular weight excluding hydrogens is 223 g/mol. The lowest BCUT2D eigenvalue weighted by molar-refractivity contribution is -0.125. The SMILES string of the molecule is OC1Cc2cccc(F)c2OC12CCOCC2. The summed E-state index contributed by atoms with van der Waals surface area (Å²) in [6.07, 6.45) is 1.09. The van der Waals surface area contributed by atoms with E-state index in [9.17, 15) is 9.50 Å². The molecule has 1 atom stereocenters. The molecule has 2 aliphatic rings. The van der Waals surface area contributed by atoms with Crippen LogP contribution in [0.15, 0.2) is 18.2 Å². The minimum atomic E-state index is -0.659. The Bertz CT molecular complexity index is 427. The average Bonchev–Trinajstić information content (AvgIpc) is 2.34. The topological polar surface area (TPSA) is 38.7 Å². The highest BCUT2D eigenvalue weighted by Gasteiger charge is 2.45. The molecule has 17 heavy (non-hydrogen) atoms. The fourth-order valence-electron chi connectivity index (χ4n) is 2.65. The predicted molar refractivity (Wildman–Crippen MR) is 59.5 cm³/mol. The van der Waals surface area contributed by atoms with Crippen molar-refractivity contribution in [2.24, 2.45) is 0 Å². The molecule has 0 bridgehead atoms. The molecule has 0 aromatic heterocycles. The fourth-order valence-corrected chi connectivity index (χ4v) is 2.65. The minimum Gasteiger partial charge on any atom is -0.481 e. The van der Waals surface area contributed by atoms with Crippen LogP contribution in [-0.2, 0) is 11.2 Å². The van der Waals surface area contributed by atoms with Crippen molar-refractivity contribution in [1.29, 1.82) is 0 Å². The van der Waals surface area contributed by atoms with E-state index in [4.69, 9.17) is 9.47 Å². The maximum absolute atomic E-state index is 13.7. The normalized spacial score (nSPS) is 26.4. The number of rotatable bonds is 0. The van der Waals surface area contributed by atoms with Gasteiger partial charge in [-0.25, -0.2) is 4.39 Å². The number of hydrogen-bond donors (Lipinski definition) is 1. The number of para-hydroxylation sites is 1. The monoisotopic (exact) mass is 238 g/mol. The first-order valence-electron chi connectivity index (χ1n) is 5.93. The Morgan fingerprint density at radius 1 is 1.29 bits per heavy atom. The molecule has 1 saturated heterocycles. The third-order valence-electron chi connectivity index (χ3n) is 3.71. The number of benzene rings is 1. The highest BCUT2D eigenvalue weighted by Crippen LogP contribution is 2.40.